The normalized spacial score (nSPS) is 22.3. The van der Waals surface area contributed by atoms with Gasteiger partial charge in [0.1, 0.15) is 0 Å². The summed E-state index contributed by atoms with van der Waals surface area (Å²) < 4.78 is 94.5. The second-order valence-corrected chi connectivity index (χ2v) is 9.64. The van der Waals surface area contributed by atoms with Crippen molar-refractivity contribution in [3.05, 3.63) is 30.1 Å². The van der Waals surface area contributed by atoms with Gasteiger partial charge in [-0.25, -0.2) is 22.7 Å². The standard InChI is InChI=1S/C14H21N3O3S.2C2HF3O2/c1-21(18,19)16-9-14-10-17(7-13(14)8-20-11-14)6-12-3-2-4-15-5-12;2*3-2(4,5)1(6)7/h2-5,13,16H,6-11H2,1H3;2*(H,6,7)/t13-,14+;;/m1../s1. The number of nitrogens with zero attached hydrogens (tertiary/aromatic N) is 2. The van der Waals surface area contributed by atoms with Crippen molar-refractivity contribution < 1.29 is 59.3 Å². The third kappa shape index (κ3) is 10.7. The zero-order valence-electron chi connectivity index (χ0n) is 18.1. The van der Waals surface area contributed by atoms with E-state index in [1.807, 2.05) is 12.3 Å². The van der Waals surface area contributed by atoms with Gasteiger partial charge in [0, 0.05) is 49.9 Å². The number of fused-ring (bicyclic) bond motifs is 1. The molecule has 2 saturated heterocycles. The molecule has 2 aliphatic rings. The van der Waals surface area contributed by atoms with E-state index < -0.39 is 34.3 Å². The third-order valence-electron chi connectivity index (χ3n) is 4.89. The van der Waals surface area contributed by atoms with E-state index >= 15 is 0 Å². The smallest absolute Gasteiger partial charge is 0.475 e. The van der Waals surface area contributed by atoms with Crippen LogP contribution in [0.1, 0.15) is 5.56 Å². The Morgan fingerprint density at radius 3 is 2.17 bits per heavy atom. The Bertz CT molecular complexity index is 936. The summed E-state index contributed by atoms with van der Waals surface area (Å²) in [5.74, 6) is -5.12. The topological polar surface area (TPSA) is 146 Å². The molecule has 10 nitrogen and oxygen atoms in total. The number of alkyl halides is 6. The molecule has 0 spiro atoms. The Hall–Kier alpha value is -2.50. The SMILES string of the molecule is CS(=O)(=O)NC[C@]12COC[C@H]1CN(Cc1cccnc1)C2.O=C(O)C(F)(F)F.O=C(O)C(F)(F)F. The van der Waals surface area contributed by atoms with E-state index in [0.29, 0.717) is 19.1 Å². The fourth-order valence-electron chi connectivity index (χ4n) is 3.34. The molecule has 3 rings (SSSR count). The number of ether oxygens (including phenoxy) is 1. The maximum atomic E-state index is 11.4. The number of sulfonamides is 1. The van der Waals surface area contributed by atoms with Gasteiger partial charge >= 0.3 is 24.3 Å². The number of carboxylic acid groups (broad SMARTS) is 2. The van der Waals surface area contributed by atoms with Crippen LogP contribution in [0.15, 0.2) is 24.5 Å². The number of carboxylic acids is 2. The highest BCUT2D eigenvalue weighted by molar-refractivity contribution is 7.88. The van der Waals surface area contributed by atoms with Crippen LogP contribution in [0.2, 0.25) is 0 Å². The molecule has 0 unspecified atom stereocenters. The van der Waals surface area contributed by atoms with Crippen molar-refractivity contribution in [3.63, 3.8) is 0 Å². The summed E-state index contributed by atoms with van der Waals surface area (Å²) in [4.78, 5) is 24.3. The maximum absolute atomic E-state index is 11.4. The highest BCUT2D eigenvalue weighted by atomic mass is 32.2. The lowest BCUT2D eigenvalue weighted by Gasteiger charge is -2.27. The minimum Gasteiger partial charge on any atom is -0.475 e. The molecule has 0 radical (unpaired) electrons. The minimum absolute atomic E-state index is 0.0920. The van der Waals surface area contributed by atoms with Crippen LogP contribution < -0.4 is 4.72 Å². The molecule has 0 bridgehead atoms. The zero-order valence-corrected chi connectivity index (χ0v) is 19.0. The van der Waals surface area contributed by atoms with Gasteiger partial charge in [-0.1, -0.05) is 6.07 Å². The Morgan fingerprint density at radius 1 is 1.20 bits per heavy atom. The van der Waals surface area contributed by atoms with Gasteiger partial charge in [-0.3, -0.25) is 9.88 Å². The van der Waals surface area contributed by atoms with Gasteiger partial charge in [0.05, 0.1) is 19.5 Å². The molecule has 1 aromatic heterocycles. The molecular weight excluding hydrogens is 516 g/mol. The molecule has 200 valence electrons. The molecule has 0 amide bonds. The molecule has 0 aromatic carbocycles. The fourth-order valence-corrected chi connectivity index (χ4v) is 3.89. The maximum Gasteiger partial charge on any atom is 0.490 e. The summed E-state index contributed by atoms with van der Waals surface area (Å²) in [7, 11) is -3.17. The van der Waals surface area contributed by atoms with Gasteiger partial charge in [-0.15, -0.1) is 0 Å². The molecule has 2 fully saturated rings. The first-order valence-corrected chi connectivity index (χ1v) is 11.5. The van der Waals surface area contributed by atoms with E-state index in [0.717, 1.165) is 26.2 Å². The van der Waals surface area contributed by atoms with Gasteiger partial charge < -0.3 is 14.9 Å². The summed E-state index contributed by atoms with van der Waals surface area (Å²) in [6.45, 7) is 4.46. The van der Waals surface area contributed by atoms with Crippen LogP contribution in [-0.4, -0.2) is 91.9 Å². The lowest BCUT2D eigenvalue weighted by atomic mass is 9.81. The van der Waals surface area contributed by atoms with Crippen molar-refractivity contribution in [1.29, 1.82) is 0 Å². The number of nitrogens with one attached hydrogen (secondary N) is 1. The molecule has 1 aromatic rings. The van der Waals surface area contributed by atoms with E-state index in [1.165, 1.54) is 11.8 Å². The first-order valence-electron chi connectivity index (χ1n) is 9.59. The molecule has 2 atom stereocenters. The van der Waals surface area contributed by atoms with Crippen molar-refractivity contribution in [2.75, 3.05) is 39.1 Å². The number of pyridine rings is 1. The van der Waals surface area contributed by atoms with Gasteiger partial charge in [0.15, 0.2) is 0 Å². The van der Waals surface area contributed by atoms with Crippen LogP contribution in [0.25, 0.3) is 0 Å². The number of rotatable bonds is 5. The summed E-state index contributed by atoms with van der Waals surface area (Å²) in [6.07, 6.45) is -5.31. The van der Waals surface area contributed by atoms with Crippen LogP contribution in [0.3, 0.4) is 0 Å². The Morgan fingerprint density at radius 2 is 1.74 bits per heavy atom. The minimum atomic E-state index is -5.08. The molecular formula is C18H23F6N3O7S. The van der Waals surface area contributed by atoms with Crippen molar-refractivity contribution in [3.8, 4) is 0 Å². The summed E-state index contributed by atoms with van der Waals surface area (Å²) in [5.41, 5.74) is 1.09. The average Bonchev–Trinajstić information content (AvgIpc) is 3.23. The third-order valence-corrected chi connectivity index (χ3v) is 5.56. The predicted octanol–water partition coefficient (Wildman–Crippen LogP) is 1.35. The number of aliphatic carboxylic acids is 2. The second-order valence-electron chi connectivity index (χ2n) is 7.80. The lowest BCUT2D eigenvalue weighted by molar-refractivity contribution is -0.193. The van der Waals surface area contributed by atoms with Crippen molar-refractivity contribution in [1.82, 2.24) is 14.6 Å². The van der Waals surface area contributed by atoms with E-state index in [1.54, 1.807) is 6.20 Å². The Balaban J connectivity index is 0.000000362. The molecule has 3 heterocycles. The lowest BCUT2D eigenvalue weighted by Crippen LogP contribution is -2.42. The average molecular weight is 539 g/mol. The summed E-state index contributed by atoms with van der Waals surface area (Å²) >= 11 is 0. The largest absolute Gasteiger partial charge is 0.490 e. The van der Waals surface area contributed by atoms with Crippen molar-refractivity contribution in [2.45, 2.75) is 18.9 Å². The van der Waals surface area contributed by atoms with Gasteiger partial charge in [0.2, 0.25) is 10.0 Å². The fraction of sp³-hybridized carbons (Fsp3) is 0.611. The number of aromatic nitrogens is 1. The highest BCUT2D eigenvalue weighted by Gasteiger charge is 2.50. The molecule has 17 heteroatoms. The van der Waals surface area contributed by atoms with Gasteiger partial charge in [0.25, 0.3) is 0 Å². The first-order chi connectivity index (χ1) is 15.9. The summed E-state index contributed by atoms with van der Waals surface area (Å²) in [6, 6.07) is 4.01. The first kappa shape index (κ1) is 30.5. The molecule has 2 aliphatic heterocycles. The van der Waals surface area contributed by atoms with Crippen LogP contribution in [-0.2, 0) is 30.9 Å². The molecule has 0 aliphatic carbocycles. The number of hydrogen-bond acceptors (Lipinski definition) is 7. The summed E-state index contributed by atoms with van der Waals surface area (Å²) in [5, 5.41) is 14.2. The van der Waals surface area contributed by atoms with E-state index in [-0.39, 0.29) is 5.41 Å². The molecule has 0 saturated carbocycles. The van der Waals surface area contributed by atoms with Crippen molar-refractivity contribution in [2.24, 2.45) is 11.3 Å². The number of halogens is 6. The van der Waals surface area contributed by atoms with Crippen LogP contribution in [0.4, 0.5) is 26.3 Å². The zero-order chi connectivity index (χ0) is 27.1. The predicted molar refractivity (Wildman–Crippen MR) is 106 cm³/mol. The van der Waals surface area contributed by atoms with Crippen molar-refractivity contribution >= 4 is 22.0 Å². The Kier molecular flexibility index (Phi) is 10.4. The molecule has 35 heavy (non-hydrogen) atoms. The monoisotopic (exact) mass is 539 g/mol. The van der Waals surface area contributed by atoms with Crippen LogP contribution in [0.5, 0.6) is 0 Å². The van der Waals surface area contributed by atoms with E-state index in [2.05, 4.69) is 20.7 Å². The second kappa shape index (κ2) is 12.0. The quantitative estimate of drug-likeness (QED) is 0.472. The van der Waals surface area contributed by atoms with Crippen LogP contribution >= 0.6 is 0 Å². The van der Waals surface area contributed by atoms with E-state index in [9.17, 15) is 34.8 Å². The highest BCUT2D eigenvalue weighted by Crippen LogP contribution is 2.41. The number of likely N-dealkylation sites (tertiary alicyclic amines) is 1. The van der Waals surface area contributed by atoms with Gasteiger partial charge in [-0.05, 0) is 11.6 Å². The van der Waals surface area contributed by atoms with E-state index in [4.69, 9.17) is 24.5 Å². The Labute approximate surface area is 195 Å². The van der Waals surface area contributed by atoms with Crippen LogP contribution in [0, 0.1) is 11.3 Å². The number of carbonyl (C=O) groups is 2. The van der Waals surface area contributed by atoms with Gasteiger partial charge in [-0.2, -0.15) is 26.3 Å². The number of hydrogen-bond donors (Lipinski definition) is 3. The molecule has 3 N–H and O–H groups in total.